The lowest BCUT2D eigenvalue weighted by Crippen LogP contribution is -2.46. The highest BCUT2D eigenvalue weighted by molar-refractivity contribution is 7.71. The first-order valence-corrected chi connectivity index (χ1v) is 9.02. The Hall–Kier alpha value is -2.80. The van der Waals surface area contributed by atoms with Crippen molar-refractivity contribution < 1.29 is 4.74 Å². The van der Waals surface area contributed by atoms with E-state index in [9.17, 15) is 0 Å². The molecule has 26 heavy (non-hydrogen) atoms. The maximum atomic E-state index is 5.23. The summed E-state index contributed by atoms with van der Waals surface area (Å²) in [5.41, 5.74) is 3.50. The van der Waals surface area contributed by atoms with E-state index < -0.39 is 0 Å². The molecule has 0 saturated carbocycles. The molecule has 0 atom stereocenters. The molecule has 1 N–H and O–H groups in total. The molecule has 2 heterocycles. The lowest BCUT2D eigenvalue weighted by Gasteiger charge is -2.37. The third-order valence-electron chi connectivity index (χ3n) is 4.76. The number of anilines is 2. The van der Waals surface area contributed by atoms with E-state index in [1.807, 2.05) is 16.7 Å². The summed E-state index contributed by atoms with van der Waals surface area (Å²) in [5, 5.41) is 6.75. The topological polar surface area (TPSA) is 49.3 Å². The van der Waals surface area contributed by atoms with Gasteiger partial charge in [-0.2, -0.15) is 5.10 Å². The summed E-state index contributed by atoms with van der Waals surface area (Å²) in [4.78, 5) is 4.83. The van der Waals surface area contributed by atoms with Gasteiger partial charge in [-0.15, -0.1) is 0 Å². The van der Waals surface area contributed by atoms with Crippen molar-refractivity contribution in [2.45, 2.75) is 0 Å². The predicted octanol–water partition coefficient (Wildman–Crippen LogP) is 3.27. The molecule has 7 heteroatoms. The number of nitrogens with one attached hydrogen (secondary N) is 1. The molecule has 0 radical (unpaired) electrons. The molecule has 1 aliphatic heterocycles. The molecule has 4 rings (SSSR count). The van der Waals surface area contributed by atoms with Gasteiger partial charge in [0.1, 0.15) is 12.1 Å². The Labute approximate surface area is 157 Å². The zero-order valence-corrected chi connectivity index (χ0v) is 15.4. The van der Waals surface area contributed by atoms with Crippen molar-refractivity contribution in [3.05, 3.63) is 59.6 Å². The number of rotatable bonds is 4. The third-order valence-corrected chi connectivity index (χ3v) is 5.05. The quantitative estimate of drug-likeness (QED) is 0.717. The van der Waals surface area contributed by atoms with Crippen LogP contribution in [0.1, 0.15) is 0 Å². The van der Waals surface area contributed by atoms with Gasteiger partial charge in [0.05, 0.1) is 7.11 Å². The Kier molecular flexibility index (Phi) is 4.62. The van der Waals surface area contributed by atoms with Crippen molar-refractivity contribution in [1.29, 1.82) is 0 Å². The molecule has 3 aromatic rings. The number of H-pyrrole nitrogens is 1. The van der Waals surface area contributed by atoms with Crippen LogP contribution in [-0.4, -0.2) is 48.1 Å². The Balaban J connectivity index is 1.41. The summed E-state index contributed by atoms with van der Waals surface area (Å²) < 4.78 is 7.70. The van der Waals surface area contributed by atoms with E-state index in [-0.39, 0.29) is 0 Å². The van der Waals surface area contributed by atoms with Gasteiger partial charge in [0.15, 0.2) is 4.77 Å². The number of aromatic nitrogens is 3. The Bertz CT molecular complexity index is 908. The average Bonchev–Trinajstić information content (AvgIpc) is 3.14. The molecule has 2 aromatic carbocycles. The number of hydrogen-bond acceptors (Lipinski definition) is 5. The van der Waals surface area contributed by atoms with Crippen molar-refractivity contribution >= 4 is 23.6 Å². The standard InChI is InChI=1S/C19H21N5OS/c1-25-18-8-6-16(7-9-18)23-12-10-22(11-13-23)15-2-4-17(5-3-15)24-14-20-21-19(24)26/h2-9,14H,10-13H2,1H3,(H,21,26). The fraction of sp³-hybridized carbons (Fsp3) is 0.263. The maximum Gasteiger partial charge on any atom is 0.199 e. The van der Waals surface area contributed by atoms with Gasteiger partial charge in [0, 0.05) is 43.2 Å². The van der Waals surface area contributed by atoms with Crippen molar-refractivity contribution in [3.63, 3.8) is 0 Å². The Morgan fingerprint density at radius 3 is 1.81 bits per heavy atom. The minimum Gasteiger partial charge on any atom is -0.497 e. The van der Waals surface area contributed by atoms with E-state index >= 15 is 0 Å². The highest BCUT2D eigenvalue weighted by atomic mass is 32.1. The highest BCUT2D eigenvalue weighted by Crippen LogP contribution is 2.23. The SMILES string of the molecule is COc1ccc(N2CCN(c3ccc(-n4cn[nH]c4=S)cc3)CC2)cc1. The molecular weight excluding hydrogens is 346 g/mol. The maximum absolute atomic E-state index is 5.23. The first-order chi connectivity index (χ1) is 12.7. The molecule has 0 aliphatic carbocycles. The predicted molar refractivity (Wildman–Crippen MR) is 106 cm³/mol. The monoisotopic (exact) mass is 367 g/mol. The number of hydrogen-bond donors (Lipinski definition) is 1. The molecule has 1 aliphatic rings. The molecule has 1 fully saturated rings. The number of benzene rings is 2. The number of nitrogens with zero attached hydrogens (tertiary/aromatic N) is 4. The highest BCUT2D eigenvalue weighted by Gasteiger charge is 2.17. The van der Waals surface area contributed by atoms with Gasteiger partial charge < -0.3 is 14.5 Å². The van der Waals surface area contributed by atoms with Crippen LogP contribution >= 0.6 is 12.2 Å². The Morgan fingerprint density at radius 1 is 0.846 bits per heavy atom. The Morgan fingerprint density at radius 2 is 1.35 bits per heavy atom. The molecular formula is C19H21N5OS. The fourth-order valence-corrected chi connectivity index (χ4v) is 3.48. The molecule has 0 amide bonds. The number of ether oxygens (including phenoxy) is 1. The van der Waals surface area contributed by atoms with Gasteiger partial charge in [-0.3, -0.25) is 9.67 Å². The molecule has 1 aromatic heterocycles. The normalized spacial score (nSPS) is 14.5. The van der Waals surface area contributed by atoms with Gasteiger partial charge in [0.25, 0.3) is 0 Å². The van der Waals surface area contributed by atoms with Crippen molar-refractivity contribution in [2.75, 3.05) is 43.1 Å². The second-order valence-electron chi connectivity index (χ2n) is 6.22. The summed E-state index contributed by atoms with van der Waals surface area (Å²) in [5.74, 6) is 0.894. The first kappa shape index (κ1) is 16.7. The van der Waals surface area contributed by atoms with E-state index in [1.165, 1.54) is 11.4 Å². The summed E-state index contributed by atoms with van der Waals surface area (Å²) in [6.45, 7) is 3.99. The fourth-order valence-electron chi connectivity index (χ4n) is 3.27. The van der Waals surface area contributed by atoms with E-state index in [0.29, 0.717) is 4.77 Å². The van der Waals surface area contributed by atoms with E-state index in [0.717, 1.165) is 37.6 Å². The minimum atomic E-state index is 0.603. The van der Waals surface area contributed by atoms with Crippen LogP contribution in [0.4, 0.5) is 11.4 Å². The van der Waals surface area contributed by atoms with Crippen molar-refractivity contribution in [2.24, 2.45) is 0 Å². The molecule has 134 valence electrons. The van der Waals surface area contributed by atoms with E-state index in [2.05, 4.69) is 56.4 Å². The van der Waals surface area contributed by atoms with Crippen molar-refractivity contribution in [1.82, 2.24) is 14.8 Å². The first-order valence-electron chi connectivity index (χ1n) is 8.61. The van der Waals surface area contributed by atoms with Gasteiger partial charge in [0.2, 0.25) is 0 Å². The molecule has 0 bridgehead atoms. The van der Waals surface area contributed by atoms with Gasteiger partial charge >= 0.3 is 0 Å². The summed E-state index contributed by atoms with van der Waals surface area (Å²) in [6, 6.07) is 16.7. The average molecular weight is 367 g/mol. The molecule has 1 saturated heterocycles. The zero-order valence-electron chi connectivity index (χ0n) is 14.6. The smallest absolute Gasteiger partial charge is 0.199 e. The van der Waals surface area contributed by atoms with Gasteiger partial charge in [-0.1, -0.05) is 0 Å². The number of methoxy groups -OCH3 is 1. The van der Waals surface area contributed by atoms with Crippen molar-refractivity contribution in [3.8, 4) is 11.4 Å². The second-order valence-corrected chi connectivity index (χ2v) is 6.61. The van der Waals surface area contributed by atoms with Gasteiger partial charge in [-0.25, -0.2) is 0 Å². The summed E-state index contributed by atoms with van der Waals surface area (Å²) >= 11 is 5.22. The summed E-state index contributed by atoms with van der Waals surface area (Å²) in [7, 11) is 1.69. The van der Waals surface area contributed by atoms with Crippen LogP contribution in [0.5, 0.6) is 5.75 Å². The van der Waals surface area contributed by atoms with Crippen LogP contribution in [0.2, 0.25) is 0 Å². The number of piperazine rings is 1. The lowest BCUT2D eigenvalue weighted by atomic mass is 10.2. The second kappa shape index (κ2) is 7.21. The van der Waals surface area contributed by atoms with Crippen LogP contribution in [0.25, 0.3) is 5.69 Å². The largest absolute Gasteiger partial charge is 0.497 e. The zero-order chi connectivity index (χ0) is 17.9. The molecule has 0 spiro atoms. The van der Waals surface area contributed by atoms with Crippen LogP contribution in [0.15, 0.2) is 54.9 Å². The van der Waals surface area contributed by atoms with E-state index in [1.54, 1.807) is 13.4 Å². The van der Waals surface area contributed by atoms with Gasteiger partial charge in [-0.05, 0) is 60.7 Å². The third kappa shape index (κ3) is 3.30. The number of aromatic amines is 1. The van der Waals surface area contributed by atoms with E-state index in [4.69, 9.17) is 17.0 Å². The minimum absolute atomic E-state index is 0.603. The molecule has 0 unspecified atom stereocenters. The van der Waals surface area contributed by atoms with Crippen LogP contribution in [0.3, 0.4) is 0 Å². The summed E-state index contributed by atoms with van der Waals surface area (Å²) in [6.07, 6.45) is 1.70. The lowest BCUT2D eigenvalue weighted by molar-refractivity contribution is 0.415. The molecule has 6 nitrogen and oxygen atoms in total. The van der Waals surface area contributed by atoms with Crippen LogP contribution < -0.4 is 14.5 Å². The van der Waals surface area contributed by atoms with Crippen LogP contribution in [0, 0.1) is 4.77 Å². The van der Waals surface area contributed by atoms with Crippen LogP contribution in [-0.2, 0) is 0 Å².